The summed E-state index contributed by atoms with van der Waals surface area (Å²) in [5.74, 6) is 0.472. The molecule has 2 aromatic heterocycles. The summed E-state index contributed by atoms with van der Waals surface area (Å²) in [6.45, 7) is 5.36. The lowest BCUT2D eigenvalue weighted by Crippen LogP contribution is -2.31. The van der Waals surface area contributed by atoms with Crippen LogP contribution in [0.25, 0.3) is 33.4 Å². The van der Waals surface area contributed by atoms with Crippen LogP contribution in [0.4, 0.5) is 17.2 Å². The normalized spacial score (nSPS) is 13.6. The number of carbonyl (C=O) groups excluding carboxylic acids is 2. The van der Waals surface area contributed by atoms with Gasteiger partial charge in [-0.15, -0.1) is 0 Å². The van der Waals surface area contributed by atoms with Gasteiger partial charge in [-0.05, 0) is 55.2 Å². The highest BCUT2D eigenvalue weighted by Crippen LogP contribution is 2.42. The fraction of sp³-hybridized carbons (Fsp3) is 0.267. The fourth-order valence-electron chi connectivity index (χ4n) is 5.27. The van der Waals surface area contributed by atoms with Crippen LogP contribution in [0.5, 0.6) is 0 Å². The lowest BCUT2D eigenvalue weighted by atomic mass is 9.98. The Morgan fingerprint density at radius 2 is 1.66 bits per heavy atom. The molecule has 0 bridgehead atoms. The summed E-state index contributed by atoms with van der Waals surface area (Å²) in [6, 6.07) is 15.6. The number of hydrogen-bond acceptors (Lipinski definition) is 5. The number of anilines is 3. The van der Waals surface area contributed by atoms with Crippen molar-refractivity contribution in [1.82, 2.24) is 14.5 Å². The highest BCUT2D eigenvalue weighted by atomic mass is 16.2. The fourth-order valence-corrected chi connectivity index (χ4v) is 5.27. The Bertz CT molecular complexity index is 1530. The van der Waals surface area contributed by atoms with Gasteiger partial charge < -0.3 is 20.5 Å². The predicted molar refractivity (Wildman–Crippen MR) is 153 cm³/mol. The molecule has 4 aromatic rings. The van der Waals surface area contributed by atoms with Crippen LogP contribution in [0, 0.1) is 5.92 Å². The van der Waals surface area contributed by atoms with E-state index in [-0.39, 0.29) is 17.7 Å². The minimum absolute atomic E-state index is 0.115. The van der Waals surface area contributed by atoms with Gasteiger partial charge in [0.25, 0.3) is 5.91 Å². The monoisotopic (exact) mass is 508 g/mol. The number of fused-ring (bicyclic) bond motifs is 1. The van der Waals surface area contributed by atoms with Gasteiger partial charge in [-0.2, -0.15) is 0 Å². The highest BCUT2D eigenvalue weighted by molar-refractivity contribution is 6.08. The first kappa shape index (κ1) is 25.2. The van der Waals surface area contributed by atoms with Crippen molar-refractivity contribution < 1.29 is 9.59 Å². The van der Waals surface area contributed by atoms with Gasteiger partial charge in [0.05, 0.1) is 11.1 Å². The smallest absolute Gasteiger partial charge is 0.250 e. The topological polar surface area (TPSA) is 106 Å². The Hall–Kier alpha value is -4.46. The number of aryl methyl sites for hydroxylation is 1. The van der Waals surface area contributed by atoms with E-state index in [0.29, 0.717) is 17.1 Å². The zero-order chi connectivity index (χ0) is 27.0. The summed E-state index contributed by atoms with van der Waals surface area (Å²) in [4.78, 5) is 35.5. The molecule has 0 radical (unpaired) electrons. The van der Waals surface area contributed by atoms with Gasteiger partial charge in [0.1, 0.15) is 17.8 Å². The number of hydrogen-bond donors (Lipinski definition) is 2. The highest BCUT2D eigenvalue weighted by Gasteiger charge is 2.27. The Morgan fingerprint density at radius 1 is 1.03 bits per heavy atom. The van der Waals surface area contributed by atoms with Crippen molar-refractivity contribution in [2.75, 3.05) is 23.0 Å². The summed E-state index contributed by atoms with van der Waals surface area (Å²) in [7, 11) is 3.80. The number of nitrogens with one attached hydrogen (secondary N) is 1. The number of carbonyl (C=O) groups is 2. The summed E-state index contributed by atoms with van der Waals surface area (Å²) in [6.07, 6.45) is 5.65. The molecule has 194 valence electrons. The molecule has 0 atom stereocenters. The number of benzene rings is 2. The maximum absolute atomic E-state index is 13.0. The molecule has 2 amide bonds. The maximum atomic E-state index is 13.0. The first-order chi connectivity index (χ1) is 18.3. The minimum atomic E-state index is -0.220. The molecule has 38 heavy (non-hydrogen) atoms. The molecular formula is C30H32N6O2. The molecule has 0 saturated heterocycles. The van der Waals surface area contributed by atoms with Gasteiger partial charge in [0.2, 0.25) is 5.91 Å². The third kappa shape index (κ3) is 4.53. The molecule has 0 spiro atoms. The molecule has 3 N–H and O–H groups in total. The molecular weight excluding hydrogens is 476 g/mol. The van der Waals surface area contributed by atoms with E-state index in [9.17, 15) is 9.59 Å². The summed E-state index contributed by atoms with van der Waals surface area (Å²) < 4.78 is 2.01. The van der Waals surface area contributed by atoms with Crippen LogP contribution in [-0.4, -0.2) is 33.4 Å². The number of aromatic nitrogens is 3. The molecule has 8 nitrogen and oxygen atoms in total. The number of nitrogens with zero attached hydrogens (tertiary/aromatic N) is 4. The molecule has 1 fully saturated rings. The molecule has 5 rings (SSSR count). The van der Waals surface area contributed by atoms with Crippen molar-refractivity contribution in [3.63, 3.8) is 0 Å². The third-order valence-corrected chi connectivity index (χ3v) is 7.38. The van der Waals surface area contributed by atoms with Crippen LogP contribution >= 0.6 is 0 Å². The van der Waals surface area contributed by atoms with E-state index in [0.717, 1.165) is 64.8 Å². The molecule has 1 saturated carbocycles. The van der Waals surface area contributed by atoms with Gasteiger partial charge in [-0.25, -0.2) is 9.97 Å². The Kier molecular flexibility index (Phi) is 6.72. The van der Waals surface area contributed by atoms with Crippen molar-refractivity contribution >= 4 is 40.0 Å². The van der Waals surface area contributed by atoms with Gasteiger partial charge in [0.15, 0.2) is 0 Å². The van der Waals surface area contributed by atoms with E-state index in [2.05, 4.69) is 21.9 Å². The Balaban J connectivity index is 1.56. The number of rotatable bonds is 6. The molecule has 1 aliphatic rings. The third-order valence-electron chi connectivity index (χ3n) is 7.38. The van der Waals surface area contributed by atoms with Crippen LogP contribution in [-0.2, 0) is 16.6 Å². The average Bonchev–Trinajstić information content (AvgIpc) is 3.56. The SMILES string of the molecule is C=C(C)C(=O)Nc1ccc(-c2c(-c3ccc(N(C)C(=O)C4CCCC4)cc3)c3c(N)ncnc3n2C)cc1. The minimum Gasteiger partial charge on any atom is -0.383 e. The van der Waals surface area contributed by atoms with Gasteiger partial charge in [0, 0.05) is 42.5 Å². The average molecular weight is 509 g/mol. The molecule has 1 aliphatic carbocycles. The van der Waals surface area contributed by atoms with E-state index < -0.39 is 0 Å². The Morgan fingerprint density at radius 3 is 2.29 bits per heavy atom. The van der Waals surface area contributed by atoms with E-state index in [1.54, 1.807) is 11.8 Å². The van der Waals surface area contributed by atoms with Crippen molar-refractivity contribution in [1.29, 1.82) is 0 Å². The lowest BCUT2D eigenvalue weighted by Gasteiger charge is -2.21. The van der Waals surface area contributed by atoms with Gasteiger partial charge in [-0.1, -0.05) is 43.7 Å². The molecule has 0 unspecified atom stereocenters. The molecule has 2 heterocycles. The number of nitrogen functional groups attached to an aromatic ring is 1. The number of amides is 2. The molecule has 2 aromatic carbocycles. The van der Waals surface area contributed by atoms with Crippen molar-refractivity contribution in [2.24, 2.45) is 13.0 Å². The van der Waals surface area contributed by atoms with E-state index in [1.165, 1.54) is 6.33 Å². The first-order valence-corrected chi connectivity index (χ1v) is 12.8. The van der Waals surface area contributed by atoms with E-state index in [1.807, 2.05) is 67.2 Å². The second-order valence-electron chi connectivity index (χ2n) is 9.98. The van der Waals surface area contributed by atoms with Crippen LogP contribution < -0.4 is 16.0 Å². The zero-order valence-corrected chi connectivity index (χ0v) is 22.0. The van der Waals surface area contributed by atoms with Crippen LogP contribution in [0.15, 0.2) is 67.0 Å². The van der Waals surface area contributed by atoms with Crippen molar-refractivity contribution in [2.45, 2.75) is 32.6 Å². The van der Waals surface area contributed by atoms with Crippen LogP contribution in [0.1, 0.15) is 32.6 Å². The van der Waals surface area contributed by atoms with Gasteiger partial charge in [-0.3, -0.25) is 9.59 Å². The maximum Gasteiger partial charge on any atom is 0.250 e. The molecule has 8 heteroatoms. The summed E-state index contributed by atoms with van der Waals surface area (Å²) in [5.41, 5.74) is 12.8. The lowest BCUT2D eigenvalue weighted by molar-refractivity contribution is -0.121. The Labute approximate surface area is 222 Å². The van der Waals surface area contributed by atoms with Crippen LogP contribution in [0.2, 0.25) is 0 Å². The largest absolute Gasteiger partial charge is 0.383 e. The standard InChI is InChI=1S/C30H32N6O2/c1-18(2)29(37)34-22-13-9-20(10-14-22)26-24(25-27(31)32-17-33-28(25)36(26)4)19-11-15-23(16-12-19)35(3)30(38)21-7-5-6-8-21/h9-17,21H,1,5-8H2,2-4H3,(H,34,37)(H2,31,32,33). The second kappa shape index (κ2) is 10.1. The first-order valence-electron chi connectivity index (χ1n) is 12.8. The predicted octanol–water partition coefficient (Wildman–Crippen LogP) is 5.55. The summed E-state index contributed by atoms with van der Waals surface area (Å²) in [5, 5.41) is 3.61. The van der Waals surface area contributed by atoms with Crippen LogP contribution in [0.3, 0.4) is 0 Å². The molecule has 0 aliphatic heterocycles. The second-order valence-corrected chi connectivity index (χ2v) is 9.98. The van der Waals surface area contributed by atoms with Gasteiger partial charge >= 0.3 is 0 Å². The number of nitrogens with two attached hydrogens (primary N) is 1. The van der Waals surface area contributed by atoms with Crippen molar-refractivity contribution in [3.8, 4) is 22.4 Å². The van der Waals surface area contributed by atoms with E-state index in [4.69, 9.17) is 5.73 Å². The quantitative estimate of drug-likeness (QED) is 0.332. The van der Waals surface area contributed by atoms with E-state index >= 15 is 0 Å². The zero-order valence-electron chi connectivity index (χ0n) is 22.0. The van der Waals surface area contributed by atoms with Crippen molar-refractivity contribution in [3.05, 3.63) is 67.0 Å². The summed E-state index contributed by atoms with van der Waals surface area (Å²) >= 11 is 0.